The molecule has 0 atom stereocenters. The molecule has 14 heteroatoms. The van der Waals surface area contributed by atoms with Crippen LogP contribution in [0.25, 0.3) is 101 Å². The molecule has 0 spiro atoms. The molecule has 0 aliphatic carbocycles. The van der Waals surface area contributed by atoms with Gasteiger partial charge in [-0.25, -0.2) is 39.9 Å². The van der Waals surface area contributed by atoms with Crippen LogP contribution in [0.2, 0.25) is 0 Å². The molecule has 0 saturated carbocycles. The summed E-state index contributed by atoms with van der Waals surface area (Å²) in [5, 5.41) is 0. The molecule has 0 unspecified atom stereocenters. The Balaban J connectivity index is 0.000000139. The van der Waals surface area contributed by atoms with Gasteiger partial charge in [-0.3, -0.25) is 29.9 Å². The zero-order valence-corrected chi connectivity index (χ0v) is 67.4. The highest BCUT2D eigenvalue weighted by atomic mass is 14.9. The molecule has 0 bridgehead atoms. The summed E-state index contributed by atoms with van der Waals surface area (Å²) in [6.07, 6.45) is 21.7. The lowest BCUT2D eigenvalue weighted by atomic mass is 10.1. The first-order chi connectivity index (χ1) is 57.2. The van der Waals surface area contributed by atoms with E-state index < -0.39 is 0 Å². The van der Waals surface area contributed by atoms with Gasteiger partial charge in [0.2, 0.25) is 0 Å². The quantitative estimate of drug-likeness (QED) is 0.133. The molecule has 0 N–H and O–H groups in total. The first-order valence-electron chi connectivity index (χ1n) is 38.4. The first-order valence-corrected chi connectivity index (χ1v) is 38.4. The molecule has 0 saturated heterocycles. The topological polar surface area (TPSA) is 180 Å². The van der Waals surface area contributed by atoms with Crippen molar-refractivity contribution in [3.63, 3.8) is 0 Å². The predicted molar refractivity (Wildman–Crippen MR) is 479 cm³/mol. The van der Waals surface area contributed by atoms with Crippen LogP contribution in [0.3, 0.4) is 0 Å². The molecular formula is C103H94N14. The Morgan fingerprint density at radius 3 is 1.08 bits per heavy atom. The summed E-state index contributed by atoms with van der Waals surface area (Å²) in [6, 6.07) is 112. The van der Waals surface area contributed by atoms with E-state index in [0.29, 0.717) is 0 Å². The number of nitrogens with zero attached hydrogens (tertiary/aromatic N) is 14. The Morgan fingerprint density at radius 1 is 0.171 bits per heavy atom. The molecule has 0 fully saturated rings. The highest BCUT2D eigenvalue weighted by Crippen LogP contribution is 2.24. The average Bonchev–Trinajstić information content (AvgIpc) is 0.930. The lowest BCUT2D eigenvalue weighted by molar-refractivity contribution is 1.06. The van der Waals surface area contributed by atoms with Gasteiger partial charge in [0.1, 0.15) is 12.2 Å². The van der Waals surface area contributed by atoms with Gasteiger partial charge in [0.05, 0.1) is 34.7 Å². The normalized spacial score (nSPS) is 9.92. The van der Waals surface area contributed by atoms with Crippen LogP contribution in [0, 0.1) is 62.3 Å². The molecular weight excluding hydrogens is 1430 g/mol. The van der Waals surface area contributed by atoms with Gasteiger partial charge in [-0.1, -0.05) is 279 Å². The van der Waals surface area contributed by atoms with Crippen LogP contribution in [-0.2, 0) is 0 Å². The predicted octanol–water partition coefficient (Wildman–Crippen LogP) is 24.5. The summed E-state index contributed by atoms with van der Waals surface area (Å²) in [5.41, 5.74) is 26.4. The molecule has 18 rings (SSSR count). The van der Waals surface area contributed by atoms with E-state index in [1.54, 1.807) is 24.9 Å². The minimum atomic E-state index is 0.784. The second-order valence-electron chi connectivity index (χ2n) is 26.8. The minimum absolute atomic E-state index is 0.784. The number of benzene rings is 9. The lowest BCUT2D eigenvalue weighted by Crippen LogP contribution is -1.89. The van der Waals surface area contributed by atoms with Crippen molar-refractivity contribution in [3.05, 3.63) is 459 Å². The van der Waals surface area contributed by atoms with E-state index in [2.05, 4.69) is 150 Å². The highest BCUT2D eigenvalue weighted by Gasteiger charge is 2.05. The Labute approximate surface area is 688 Å². The second kappa shape index (κ2) is 46.7. The third kappa shape index (κ3) is 29.5. The van der Waals surface area contributed by atoms with Crippen LogP contribution < -0.4 is 0 Å². The second-order valence-corrected chi connectivity index (χ2v) is 26.8. The number of pyridine rings is 4. The SMILES string of the molecule is Cc1cc(-c2ccccc2)ccn1.Cc1cc(-c2ccccc2)ncn1.Cc1cccc(-c2ccccc2)n1.Cc1ccnc(-c2ccccc2)c1.Cc1ccnc(-c2ccccc2)n1.Cc1cnc(-c2ccccc2)cn1.Cc1cnc(-c2ccccc2)nc1.Cc1cncc(-c2ccccc2)c1.Cc1ncc(-c2ccccc2)cn1. The Morgan fingerprint density at radius 2 is 0.607 bits per heavy atom. The van der Waals surface area contributed by atoms with E-state index in [-0.39, 0.29) is 0 Å². The van der Waals surface area contributed by atoms with Gasteiger partial charge in [0, 0.05) is 129 Å². The van der Waals surface area contributed by atoms with E-state index in [4.69, 9.17) is 0 Å². The lowest BCUT2D eigenvalue weighted by Gasteiger charge is -2.00. The maximum absolute atomic E-state index is 4.44. The molecule has 9 heterocycles. The summed E-state index contributed by atoms with van der Waals surface area (Å²) in [4.78, 5) is 59.1. The van der Waals surface area contributed by atoms with Gasteiger partial charge >= 0.3 is 0 Å². The fourth-order valence-electron chi connectivity index (χ4n) is 11.2. The van der Waals surface area contributed by atoms with Crippen molar-refractivity contribution in [3.8, 4) is 101 Å². The summed E-state index contributed by atoms with van der Waals surface area (Å²) >= 11 is 0. The van der Waals surface area contributed by atoms with Crippen LogP contribution in [0.15, 0.2) is 408 Å². The van der Waals surface area contributed by atoms with Gasteiger partial charge in [0.25, 0.3) is 0 Å². The molecule has 0 radical (unpaired) electrons. The smallest absolute Gasteiger partial charge is 0.159 e. The van der Waals surface area contributed by atoms with Gasteiger partial charge in [-0.2, -0.15) is 0 Å². The van der Waals surface area contributed by atoms with Crippen molar-refractivity contribution in [1.29, 1.82) is 0 Å². The number of rotatable bonds is 9. The molecule has 576 valence electrons. The third-order valence-corrected chi connectivity index (χ3v) is 17.2. The van der Waals surface area contributed by atoms with Gasteiger partial charge in [-0.05, 0) is 156 Å². The third-order valence-electron chi connectivity index (χ3n) is 17.2. The fraction of sp³-hybridized carbons (Fsp3) is 0.0874. The van der Waals surface area contributed by atoms with Crippen molar-refractivity contribution < 1.29 is 0 Å². The fourth-order valence-corrected chi connectivity index (χ4v) is 11.2. The van der Waals surface area contributed by atoms with E-state index >= 15 is 0 Å². The van der Waals surface area contributed by atoms with Crippen molar-refractivity contribution in [2.24, 2.45) is 0 Å². The molecule has 117 heavy (non-hydrogen) atoms. The average molecular weight is 1530 g/mol. The molecule has 14 nitrogen and oxygen atoms in total. The molecule has 0 amide bonds. The maximum atomic E-state index is 4.44. The summed E-state index contributed by atoms with van der Waals surface area (Å²) in [5.74, 6) is 2.38. The van der Waals surface area contributed by atoms with E-state index in [9.17, 15) is 0 Å². The Hall–Kier alpha value is -15.0. The summed E-state index contributed by atoms with van der Waals surface area (Å²) in [6.45, 7) is 17.9. The molecule has 0 aliphatic rings. The molecule has 9 aromatic heterocycles. The Kier molecular flexibility index (Phi) is 33.7. The van der Waals surface area contributed by atoms with E-state index in [0.717, 1.165) is 108 Å². The summed E-state index contributed by atoms with van der Waals surface area (Å²) < 4.78 is 0. The first kappa shape index (κ1) is 84.4. The van der Waals surface area contributed by atoms with Crippen molar-refractivity contribution in [2.75, 3.05) is 0 Å². The van der Waals surface area contributed by atoms with Gasteiger partial charge in [-0.15, -0.1) is 0 Å². The molecule has 18 aromatic rings. The highest BCUT2D eigenvalue weighted by molar-refractivity contribution is 5.66. The standard InChI is InChI=1S/4C12H11N.5C11H10N2/c1-10-6-5-9-12(13-10)11-7-3-2-4-8-11;1-10-7-12(9-13-8-10)11-5-3-2-4-6-11;1-10-9-12(7-8-13-10)11-5-3-2-4-6-11;1-10-7-8-13-12(9-10)11-5-3-2-4-6-11;1-9-12-7-11(8-13-9)10-5-3-2-4-6-10;1-9-7-13-11(8-12-9)10-5-3-2-4-6-10;1-9-7-11(13-8-12-9)10-5-3-2-4-6-10;1-9-7-12-11(13-8-9)10-5-3-2-4-6-10;1-9-7-8-12-11(13-9)10-5-3-2-4-6-10/h4*2-9H,1H3;5*2-8H,1H3. The van der Waals surface area contributed by atoms with Crippen molar-refractivity contribution in [1.82, 2.24) is 69.8 Å². The zero-order valence-electron chi connectivity index (χ0n) is 67.4. The van der Waals surface area contributed by atoms with Crippen LogP contribution in [0.4, 0.5) is 0 Å². The van der Waals surface area contributed by atoms with Crippen LogP contribution in [0.1, 0.15) is 51.0 Å². The summed E-state index contributed by atoms with van der Waals surface area (Å²) in [7, 11) is 0. The van der Waals surface area contributed by atoms with Crippen LogP contribution >= 0.6 is 0 Å². The molecule has 9 aromatic carbocycles. The monoisotopic (exact) mass is 1530 g/mol. The maximum Gasteiger partial charge on any atom is 0.159 e. The number of hydrogen-bond acceptors (Lipinski definition) is 14. The van der Waals surface area contributed by atoms with Crippen LogP contribution in [0.5, 0.6) is 0 Å². The van der Waals surface area contributed by atoms with Crippen molar-refractivity contribution in [2.45, 2.75) is 62.3 Å². The Bertz CT molecular complexity index is 4990. The van der Waals surface area contributed by atoms with Crippen LogP contribution in [-0.4, -0.2) is 69.8 Å². The van der Waals surface area contributed by atoms with E-state index in [1.165, 1.54) is 44.5 Å². The number of aromatic nitrogens is 14. The van der Waals surface area contributed by atoms with Gasteiger partial charge < -0.3 is 0 Å². The minimum Gasteiger partial charge on any atom is -0.264 e. The van der Waals surface area contributed by atoms with Crippen molar-refractivity contribution >= 4 is 0 Å². The largest absolute Gasteiger partial charge is 0.264 e. The molecule has 0 aliphatic heterocycles. The zero-order chi connectivity index (χ0) is 81.9. The van der Waals surface area contributed by atoms with Gasteiger partial charge in [0.15, 0.2) is 11.6 Å². The number of aryl methyl sites for hydroxylation is 9. The number of hydrogen-bond donors (Lipinski definition) is 0. The van der Waals surface area contributed by atoms with E-state index in [1.807, 2.05) is 365 Å².